The highest BCUT2D eigenvalue weighted by atomic mass is 19.4. The van der Waals surface area contributed by atoms with Gasteiger partial charge in [-0.1, -0.05) is 18.2 Å². The first-order valence-electron chi connectivity index (χ1n) is 10.9. The fourth-order valence-corrected chi connectivity index (χ4v) is 3.62. The van der Waals surface area contributed by atoms with Crippen molar-refractivity contribution in [3.8, 4) is 0 Å². The lowest BCUT2D eigenvalue weighted by atomic mass is 9.92. The van der Waals surface area contributed by atoms with Gasteiger partial charge >= 0.3 is 12.1 Å². The predicted molar refractivity (Wildman–Crippen MR) is 121 cm³/mol. The number of alkyl halides is 3. The number of nitrogens with zero attached hydrogens (tertiary/aromatic N) is 1. The van der Waals surface area contributed by atoms with E-state index in [0.717, 1.165) is 19.1 Å². The Labute approximate surface area is 208 Å². The number of carbonyl (C=O) groups is 3. The van der Waals surface area contributed by atoms with Crippen LogP contribution in [0.25, 0.3) is 0 Å². The standard InChI is InChI=1S/C22H27F3N4O8/c1-10(31)27-17-13(8-15(20(35)36)37-19(17)18(34)14(32)9-30)28-21(26)29-16(33)7-6-11-4-2-3-5-12(11)22(23,24)25/h2-5,8,13-14,17-19,30,32,34H,6-7,9H2,1H3,(H,27,31)(H,35,36)(H3,26,28,29,33)/t13-,14+,17+,18+,19+/m0/s1. The molecule has 37 heavy (non-hydrogen) atoms. The lowest BCUT2D eigenvalue weighted by molar-refractivity contribution is -0.146. The van der Waals surface area contributed by atoms with Crippen molar-refractivity contribution < 1.29 is 52.7 Å². The summed E-state index contributed by atoms with van der Waals surface area (Å²) in [5.41, 5.74) is 4.76. The number of carboxylic acid groups (broad SMARTS) is 1. The lowest BCUT2D eigenvalue weighted by Crippen LogP contribution is -2.60. The molecule has 2 rings (SSSR count). The Morgan fingerprint density at radius 2 is 1.86 bits per heavy atom. The van der Waals surface area contributed by atoms with Crippen LogP contribution in [0.3, 0.4) is 0 Å². The molecule has 12 nitrogen and oxygen atoms in total. The number of nitrogens with two attached hydrogens (primary N) is 1. The SMILES string of the molecule is CC(=O)N[C@H]1[C@H]([C@H](O)[C@H](O)CO)OC(C(=O)O)=C[C@@H]1N=C(N)NC(=O)CCc1ccccc1C(F)(F)F. The van der Waals surface area contributed by atoms with Gasteiger partial charge in [-0.25, -0.2) is 9.79 Å². The number of aliphatic imine (C=N–C) groups is 1. The van der Waals surface area contributed by atoms with E-state index in [0.29, 0.717) is 0 Å². The minimum Gasteiger partial charge on any atom is -0.478 e. The van der Waals surface area contributed by atoms with Crippen LogP contribution in [0, 0.1) is 0 Å². The summed E-state index contributed by atoms with van der Waals surface area (Å²) in [4.78, 5) is 39.5. The molecule has 5 atom stereocenters. The molecule has 0 radical (unpaired) electrons. The Balaban J connectivity index is 2.24. The summed E-state index contributed by atoms with van der Waals surface area (Å²) in [5, 5.41) is 43.2. The van der Waals surface area contributed by atoms with Gasteiger partial charge in [0.15, 0.2) is 5.96 Å². The molecule has 0 saturated heterocycles. The lowest BCUT2D eigenvalue weighted by Gasteiger charge is -2.38. The van der Waals surface area contributed by atoms with Gasteiger partial charge in [0.2, 0.25) is 17.6 Å². The van der Waals surface area contributed by atoms with Gasteiger partial charge < -0.3 is 36.2 Å². The van der Waals surface area contributed by atoms with E-state index < -0.39 is 84.7 Å². The van der Waals surface area contributed by atoms with E-state index in [-0.39, 0.29) is 12.0 Å². The van der Waals surface area contributed by atoms with Crippen molar-refractivity contribution in [1.82, 2.24) is 10.6 Å². The highest BCUT2D eigenvalue weighted by Crippen LogP contribution is 2.32. The molecule has 0 aliphatic carbocycles. The van der Waals surface area contributed by atoms with Crippen LogP contribution in [-0.4, -0.2) is 81.2 Å². The molecule has 0 spiro atoms. The largest absolute Gasteiger partial charge is 0.478 e. The molecule has 0 aromatic heterocycles. The third kappa shape index (κ3) is 8.16. The summed E-state index contributed by atoms with van der Waals surface area (Å²) in [6, 6.07) is 2.11. The Kier molecular flexibility index (Phi) is 9.99. The first kappa shape index (κ1) is 29.5. The first-order chi connectivity index (χ1) is 17.2. The van der Waals surface area contributed by atoms with E-state index in [9.17, 15) is 42.9 Å². The Morgan fingerprint density at radius 1 is 1.22 bits per heavy atom. The summed E-state index contributed by atoms with van der Waals surface area (Å²) in [5.74, 6) is -4.30. The van der Waals surface area contributed by atoms with E-state index in [2.05, 4.69) is 15.6 Å². The van der Waals surface area contributed by atoms with Crippen LogP contribution in [0.4, 0.5) is 13.2 Å². The predicted octanol–water partition coefficient (Wildman–Crippen LogP) is -0.976. The van der Waals surface area contributed by atoms with Crippen molar-refractivity contribution in [2.45, 2.75) is 56.3 Å². The van der Waals surface area contributed by atoms with E-state index >= 15 is 0 Å². The van der Waals surface area contributed by atoms with Gasteiger partial charge in [0.05, 0.1) is 24.3 Å². The molecule has 1 aliphatic rings. The maximum Gasteiger partial charge on any atom is 0.416 e. The van der Waals surface area contributed by atoms with Crippen molar-refractivity contribution in [2.24, 2.45) is 10.7 Å². The third-order valence-corrected chi connectivity index (χ3v) is 5.31. The molecule has 0 bridgehead atoms. The van der Waals surface area contributed by atoms with Crippen LogP contribution >= 0.6 is 0 Å². The number of benzene rings is 1. The molecular formula is C22H27F3N4O8. The fraction of sp³-hybridized carbons (Fsp3) is 0.455. The molecule has 1 aromatic rings. The van der Waals surface area contributed by atoms with Gasteiger partial charge in [0, 0.05) is 13.3 Å². The van der Waals surface area contributed by atoms with Crippen molar-refractivity contribution in [3.63, 3.8) is 0 Å². The minimum atomic E-state index is -4.60. The topological polar surface area (TPSA) is 204 Å². The fourth-order valence-electron chi connectivity index (χ4n) is 3.62. The normalized spacial score (nSPS) is 21.8. The highest BCUT2D eigenvalue weighted by molar-refractivity contribution is 5.96. The van der Waals surface area contributed by atoms with Gasteiger partial charge in [-0.2, -0.15) is 13.2 Å². The summed E-state index contributed by atoms with van der Waals surface area (Å²) >= 11 is 0. The van der Waals surface area contributed by atoms with Crippen LogP contribution in [0.5, 0.6) is 0 Å². The van der Waals surface area contributed by atoms with E-state index in [1.807, 2.05) is 0 Å². The van der Waals surface area contributed by atoms with Crippen LogP contribution in [-0.2, 0) is 31.7 Å². The van der Waals surface area contributed by atoms with Crippen LogP contribution in [0.1, 0.15) is 24.5 Å². The number of rotatable bonds is 9. The number of nitrogens with one attached hydrogen (secondary N) is 2. The molecule has 2 amide bonds. The molecule has 8 N–H and O–H groups in total. The second-order valence-corrected chi connectivity index (χ2v) is 8.09. The molecular weight excluding hydrogens is 505 g/mol. The molecule has 204 valence electrons. The number of aliphatic carboxylic acids is 1. The van der Waals surface area contributed by atoms with Crippen molar-refractivity contribution in [2.75, 3.05) is 6.61 Å². The Bertz CT molecular complexity index is 1060. The van der Waals surface area contributed by atoms with E-state index in [4.69, 9.17) is 15.6 Å². The second kappa shape index (κ2) is 12.5. The summed E-state index contributed by atoms with van der Waals surface area (Å²) in [6.07, 6.45) is -9.56. The molecule has 1 heterocycles. The highest BCUT2D eigenvalue weighted by Gasteiger charge is 2.43. The number of carboxylic acids is 1. The van der Waals surface area contributed by atoms with Crippen molar-refractivity contribution in [1.29, 1.82) is 0 Å². The zero-order valence-electron chi connectivity index (χ0n) is 19.5. The number of halogens is 3. The Morgan fingerprint density at radius 3 is 2.43 bits per heavy atom. The molecule has 1 aliphatic heterocycles. The number of aryl methyl sites for hydroxylation is 1. The first-order valence-corrected chi connectivity index (χ1v) is 10.9. The zero-order valence-corrected chi connectivity index (χ0v) is 19.5. The van der Waals surface area contributed by atoms with Crippen LogP contribution < -0.4 is 16.4 Å². The van der Waals surface area contributed by atoms with Gasteiger partial charge in [0.25, 0.3) is 0 Å². The monoisotopic (exact) mass is 532 g/mol. The van der Waals surface area contributed by atoms with Crippen molar-refractivity contribution in [3.05, 3.63) is 47.2 Å². The minimum absolute atomic E-state index is 0.107. The molecule has 0 unspecified atom stereocenters. The second-order valence-electron chi connectivity index (χ2n) is 8.09. The van der Waals surface area contributed by atoms with Crippen LogP contribution in [0.15, 0.2) is 41.1 Å². The summed E-state index contributed by atoms with van der Waals surface area (Å²) in [7, 11) is 0. The van der Waals surface area contributed by atoms with Gasteiger partial charge in [-0.3, -0.25) is 14.9 Å². The molecule has 15 heteroatoms. The van der Waals surface area contributed by atoms with Crippen LogP contribution in [0.2, 0.25) is 0 Å². The molecule has 0 saturated carbocycles. The maximum absolute atomic E-state index is 13.1. The smallest absolute Gasteiger partial charge is 0.416 e. The zero-order chi connectivity index (χ0) is 27.9. The number of hydrogen-bond donors (Lipinski definition) is 7. The summed E-state index contributed by atoms with van der Waals surface area (Å²) in [6.45, 7) is 0.191. The number of aliphatic hydroxyl groups is 3. The number of aliphatic hydroxyl groups excluding tert-OH is 3. The average molecular weight is 532 g/mol. The van der Waals surface area contributed by atoms with Gasteiger partial charge in [-0.05, 0) is 24.1 Å². The van der Waals surface area contributed by atoms with Gasteiger partial charge in [0.1, 0.15) is 18.3 Å². The number of carbonyl (C=O) groups excluding carboxylic acids is 2. The quantitative estimate of drug-likeness (QED) is 0.154. The average Bonchev–Trinajstić information content (AvgIpc) is 2.81. The summed E-state index contributed by atoms with van der Waals surface area (Å²) < 4.78 is 44.6. The van der Waals surface area contributed by atoms with E-state index in [1.165, 1.54) is 18.2 Å². The number of guanidine groups is 1. The number of ether oxygens (including phenoxy) is 1. The van der Waals surface area contributed by atoms with Gasteiger partial charge in [-0.15, -0.1) is 0 Å². The third-order valence-electron chi connectivity index (χ3n) is 5.31. The van der Waals surface area contributed by atoms with Crippen molar-refractivity contribution >= 4 is 23.7 Å². The number of amides is 2. The molecule has 1 aromatic carbocycles. The maximum atomic E-state index is 13.1. The van der Waals surface area contributed by atoms with E-state index in [1.54, 1.807) is 0 Å². The molecule has 0 fully saturated rings. The number of hydrogen-bond acceptors (Lipinski definition) is 8. The Hall–Kier alpha value is -3.69.